The Morgan fingerprint density at radius 3 is 2.40 bits per heavy atom. The largest absolute Gasteiger partial charge is 0.478 e. The molecule has 0 aliphatic heterocycles. The molecule has 8 nitrogen and oxygen atoms in total. The topological polar surface area (TPSA) is 132 Å². The summed E-state index contributed by atoms with van der Waals surface area (Å²) >= 11 is 0. The second-order valence-electron chi connectivity index (χ2n) is 5.44. The van der Waals surface area contributed by atoms with Crippen molar-refractivity contribution in [2.75, 3.05) is 6.54 Å². The van der Waals surface area contributed by atoms with Crippen LogP contribution in [0.4, 0.5) is 0 Å². The second kappa shape index (κ2) is 6.54. The molecule has 1 aromatic heterocycles. The minimum absolute atomic E-state index is 0.0523. The molecule has 1 heterocycles. The molecule has 0 unspecified atom stereocenters. The van der Waals surface area contributed by atoms with Crippen LogP contribution in [0.15, 0.2) is 52.2 Å². The molecule has 0 aliphatic carbocycles. The average molecular weight is 361 g/mol. The van der Waals surface area contributed by atoms with Gasteiger partial charge in [0.25, 0.3) is 0 Å². The van der Waals surface area contributed by atoms with Crippen molar-refractivity contribution in [3.8, 4) is 0 Å². The van der Waals surface area contributed by atoms with E-state index in [0.717, 1.165) is 5.56 Å². The van der Waals surface area contributed by atoms with Gasteiger partial charge in [-0.25, -0.2) is 22.7 Å². The number of nitrogens with one attached hydrogen (secondary N) is 3. The first-order valence-electron chi connectivity index (χ1n) is 7.39. The molecule has 2 aromatic carbocycles. The Bertz CT molecular complexity index is 1080. The van der Waals surface area contributed by atoms with Gasteiger partial charge in [0.2, 0.25) is 10.0 Å². The van der Waals surface area contributed by atoms with Gasteiger partial charge in [0.1, 0.15) is 0 Å². The van der Waals surface area contributed by atoms with Crippen molar-refractivity contribution in [1.29, 1.82) is 0 Å². The van der Waals surface area contributed by atoms with E-state index in [-0.39, 0.29) is 17.0 Å². The van der Waals surface area contributed by atoms with Crippen molar-refractivity contribution in [1.82, 2.24) is 14.7 Å². The fourth-order valence-electron chi connectivity index (χ4n) is 2.41. The summed E-state index contributed by atoms with van der Waals surface area (Å²) < 4.78 is 27.1. The number of aromatic nitrogens is 2. The molecule has 0 radical (unpaired) electrons. The van der Waals surface area contributed by atoms with Gasteiger partial charge >= 0.3 is 11.7 Å². The fraction of sp³-hybridized carbons (Fsp3) is 0.125. The third kappa shape index (κ3) is 3.78. The van der Waals surface area contributed by atoms with Crippen LogP contribution in [0.25, 0.3) is 11.0 Å². The number of carbonyl (C=O) groups is 1. The number of fused-ring (bicyclic) bond motifs is 1. The Morgan fingerprint density at radius 1 is 1.04 bits per heavy atom. The predicted octanol–water partition coefficient (Wildman–Crippen LogP) is 1.08. The number of aromatic carboxylic acids is 1. The summed E-state index contributed by atoms with van der Waals surface area (Å²) in [6.07, 6.45) is 0.419. The molecule has 0 atom stereocenters. The van der Waals surface area contributed by atoms with E-state index in [1.54, 1.807) is 12.1 Å². The number of carboxylic acid groups (broad SMARTS) is 1. The third-order valence-electron chi connectivity index (χ3n) is 3.70. The highest BCUT2D eigenvalue weighted by atomic mass is 32.2. The van der Waals surface area contributed by atoms with Crippen molar-refractivity contribution in [3.63, 3.8) is 0 Å². The van der Waals surface area contributed by atoms with E-state index in [0.29, 0.717) is 17.5 Å². The van der Waals surface area contributed by atoms with Gasteiger partial charge in [-0.05, 0) is 42.3 Å². The summed E-state index contributed by atoms with van der Waals surface area (Å²) in [5.41, 5.74) is 1.54. The number of aromatic amines is 2. The molecular formula is C16H15N3O5S. The van der Waals surface area contributed by atoms with E-state index in [9.17, 15) is 18.0 Å². The summed E-state index contributed by atoms with van der Waals surface area (Å²) in [6.45, 7) is 0.163. The summed E-state index contributed by atoms with van der Waals surface area (Å²) in [7, 11) is -3.71. The molecule has 0 spiro atoms. The highest BCUT2D eigenvalue weighted by Crippen LogP contribution is 2.15. The summed E-state index contributed by atoms with van der Waals surface area (Å²) in [6, 6.07) is 10.6. The van der Waals surface area contributed by atoms with Gasteiger partial charge in [-0.3, -0.25) is 0 Å². The fourth-order valence-corrected chi connectivity index (χ4v) is 3.46. The van der Waals surface area contributed by atoms with E-state index in [2.05, 4.69) is 14.7 Å². The number of carboxylic acids is 1. The minimum Gasteiger partial charge on any atom is -0.478 e. The zero-order chi connectivity index (χ0) is 18.0. The van der Waals surface area contributed by atoms with Crippen LogP contribution in [0.3, 0.4) is 0 Å². The summed E-state index contributed by atoms with van der Waals surface area (Å²) in [5.74, 6) is -1.01. The van der Waals surface area contributed by atoms with Crippen molar-refractivity contribution in [3.05, 3.63) is 64.1 Å². The lowest BCUT2D eigenvalue weighted by molar-refractivity contribution is 0.0697. The summed E-state index contributed by atoms with van der Waals surface area (Å²) in [4.78, 5) is 27.1. The van der Waals surface area contributed by atoms with Gasteiger partial charge in [-0.2, -0.15) is 0 Å². The molecule has 3 aromatic rings. The van der Waals surface area contributed by atoms with E-state index >= 15 is 0 Å². The number of hydrogen-bond donors (Lipinski definition) is 4. The van der Waals surface area contributed by atoms with Crippen LogP contribution < -0.4 is 10.4 Å². The van der Waals surface area contributed by atoms with E-state index < -0.39 is 21.7 Å². The maximum Gasteiger partial charge on any atom is 0.335 e. The Labute approximate surface area is 142 Å². The molecule has 9 heteroatoms. The Hall–Kier alpha value is -2.91. The maximum atomic E-state index is 12.3. The van der Waals surface area contributed by atoms with Crippen LogP contribution in [0, 0.1) is 0 Å². The first-order chi connectivity index (χ1) is 11.8. The van der Waals surface area contributed by atoms with Crippen LogP contribution >= 0.6 is 0 Å². The minimum atomic E-state index is -3.71. The van der Waals surface area contributed by atoms with Gasteiger partial charge in [-0.15, -0.1) is 0 Å². The van der Waals surface area contributed by atoms with Gasteiger partial charge < -0.3 is 15.1 Å². The molecule has 0 amide bonds. The normalized spacial score (nSPS) is 11.7. The van der Waals surface area contributed by atoms with Crippen molar-refractivity contribution < 1.29 is 18.3 Å². The highest BCUT2D eigenvalue weighted by Gasteiger charge is 2.14. The van der Waals surface area contributed by atoms with Crippen LogP contribution in [-0.2, 0) is 16.4 Å². The number of sulfonamides is 1. The lowest BCUT2D eigenvalue weighted by atomic mass is 10.1. The lowest BCUT2D eigenvalue weighted by Gasteiger charge is -2.07. The molecule has 0 fully saturated rings. The third-order valence-corrected chi connectivity index (χ3v) is 5.16. The number of H-pyrrole nitrogens is 2. The molecular weight excluding hydrogens is 346 g/mol. The van der Waals surface area contributed by atoms with Crippen LogP contribution in [0.2, 0.25) is 0 Å². The van der Waals surface area contributed by atoms with Crippen LogP contribution in [0.5, 0.6) is 0 Å². The van der Waals surface area contributed by atoms with Gasteiger partial charge in [0.15, 0.2) is 0 Å². The van der Waals surface area contributed by atoms with E-state index in [4.69, 9.17) is 5.11 Å². The highest BCUT2D eigenvalue weighted by molar-refractivity contribution is 7.89. The zero-order valence-electron chi connectivity index (χ0n) is 12.9. The number of imidazole rings is 1. The Balaban J connectivity index is 1.68. The summed E-state index contributed by atoms with van der Waals surface area (Å²) in [5, 5.41) is 8.85. The van der Waals surface area contributed by atoms with Crippen molar-refractivity contribution in [2.45, 2.75) is 11.3 Å². The van der Waals surface area contributed by atoms with Crippen molar-refractivity contribution in [2.24, 2.45) is 0 Å². The van der Waals surface area contributed by atoms with E-state index in [1.807, 2.05) is 0 Å². The van der Waals surface area contributed by atoms with E-state index in [1.165, 1.54) is 30.3 Å². The molecule has 0 saturated carbocycles. The van der Waals surface area contributed by atoms with Gasteiger partial charge in [0.05, 0.1) is 21.5 Å². The molecule has 4 N–H and O–H groups in total. The first kappa shape index (κ1) is 16.9. The second-order valence-corrected chi connectivity index (χ2v) is 7.20. The Kier molecular flexibility index (Phi) is 4.43. The standard InChI is InChI=1S/C16H15N3O5S/c20-15(21)11-3-1-10(2-4-11)7-8-17-25(23,24)12-5-6-13-14(9-12)19-16(22)18-13/h1-6,9,17H,7-8H2,(H,20,21)(H2,18,19,22). The first-order valence-corrected chi connectivity index (χ1v) is 8.87. The molecule has 3 rings (SSSR count). The SMILES string of the molecule is O=C(O)c1ccc(CCNS(=O)(=O)c2ccc3[nH]c(=O)[nH]c3c2)cc1. The molecule has 0 aliphatic rings. The number of hydrogen-bond acceptors (Lipinski definition) is 4. The molecule has 0 bridgehead atoms. The quantitative estimate of drug-likeness (QED) is 0.521. The van der Waals surface area contributed by atoms with Gasteiger partial charge in [0, 0.05) is 6.54 Å². The average Bonchev–Trinajstić information content (AvgIpc) is 2.94. The number of rotatable bonds is 6. The molecule has 25 heavy (non-hydrogen) atoms. The van der Waals surface area contributed by atoms with Crippen LogP contribution in [-0.4, -0.2) is 36.0 Å². The zero-order valence-corrected chi connectivity index (χ0v) is 13.8. The number of benzene rings is 2. The van der Waals surface area contributed by atoms with Crippen molar-refractivity contribution >= 4 is 27.0 Å². The lowest BCUT2D eigenvalue weighted by Crippen LogP contribution is -2.26. The smallest absolute Gasteiger partial charge is 0.335 e. The molecule has 0 saturated heterocycles. The maximum absolute atomic E-state index is 12.3. The Morgan fingerprint density at radius 2 is 1.72 bits per heavy atom. The van der Waals surface area contributed by atoms with Gasteiger partial charge in [-0.1, -0.05) is 12.1 Å². The predicted molar refractivity (Wildman–Crippen MR) is 91.2 cm³/mol. The van der Waals surface area contributed by atoms with Crippen LogP contribution in [0.1, 0.15) is 15.9 Å². The molecule has 130 valence electrons. The monoisotopic (exact) mass is 361 g/mol.